The first-order valence-electron chi connectivity index (χ1n) is 11.3. The molecular formula is C25H37N3O. The smallest absolute Gasteiger partial charge is 0.227 e. The maximum atomic E-state index is 12.4. The number of terminal acetylenes is 1. The molecule has 2 aliphatic heterocycles. The number of hydrogen-bond acceptors (Lipinski definition) is 3. The van der Waals surface area contributed by atoms with Gasteiger partial charge in [0, 0.05) is 42.5 Å². The molecule has 2 saturated heterocycles. The number of anilines is 2. The lowest BCUT2D eigenvalue weighted by Gasteiger charge is -2.28. The number of nitrogens with zero attached hydrogens (tertiary/aromatic N) is 2. The van der Waals surface area contributed by atoms with Crippen LogP contribution in [0.5, 0.6) is 0 Å². The molecule has 1 saturated carbocycles. The summed E-state index contributed by atoms with van der Waals surface area (Å²) >= 11 is 0. The second kappa shape index (κ2) is 10.2. The van der Waals surface area contributed by atoms with Gasteiger partial charge in [0.15, 0.2) is 0 Å². The summed E-state index contributed by atoms with van der Waals surface area (Å²) in [6, 6.07) is 9.91. The molecule has 3 fully saturated rings. The number of carbonyl (C=O) groups excluding carboxylic acids is 1. The van der Waals surface area contributed by atoms with E-state index in [0.717, 1.165) is 37.2 Å². The Morgan fingerprint density at radius 1 is 1.10 bits per heavy atom. The van der Waals surface area contributed by atoms with Crippen molar-refractivity contribution in [1.82, 2.24) is 4.90 Å². The van der Waals surface area contributed by atoms with E-state index in [2.05, 4.69) is 66.1 Å². The third-order valence-electron chi connectivity index (χ3n) is 7.10. The highest BCUT2D eigenvalue weighted by atomic mass is 16.1. The molecule has 1 N–H and O–H groups in total. The molecule has 1 aromatic carbocycles. The van der Waals surface area contributed by atoms with Gasteiger partial charge in [-0.2, -0.15) is 0 Å². The molecule has 3 atom stereocenters. The molecule has 2 heterocycles. The second-order valence-corrected chi connectivity index (χ2v) is 9.09. The molecule has 1 aliphatic carbocycles. The van der Waals surface area contributed by atoms with Crippen molar-refractivity contribution < 1.29 is 4.79 Å². The van der Waals surface area contributed by atoms with Gasteiger partial charge >= 0.3 is 0 Å². The Morgan fingerprint density at radius 2 is 1.83 bits per heavy atom. The standard InChI is InChI=1S/C23H35N3O.C2H2/c1-17(15-19-6-3-7-19)23(27)24-20-8-10-21(11-9-20)25-14-12-22(16-25)26-13-4-5-18(26)2;1-2/h8-11,17-19,22H,3-7,12-16H2,1-2H3,(H,24,27);1-2H. The van der Waals surface area contributed by atoms with Crippen molar-refractivity contribution in [1.29, 1.82) is 0 Å². The molecule has 29 heavy (non-hydrogen) atoms. The molecule has 1 amide bonds. The van der Waals surface area contributed by atoms with Gasteiger partial charge in [0.05, 0.1) is 0 Å². The van der Waals surface area contributed by atoms with Gasteiger partial charge < -0.3 is 10.2 Å². The van der Waals surface area contributed by atoms with Crippen LogP contribution in [0.2, 0.25) is 0 Å². The van der Waals surface area contributed by atoms with Crippen LogP contribution in [0.4, 0.5) is 11.4 Å². The number of benzene rings is 1. The molecule has 0 radical (unpaired) electrons. The van der Waals surface area contributed by atoms with E-state index < -0.39 is 0 Å². The Hall–Kier alpha value is -1.99. The van der Waals surface area contributed by atoms with Crippen molar-refractivity contribution >= 4 is 17.3 Å². The lowest BCUT2D eigenvalue weighted by molar-refractivity contribution is -0.120. The quantitative estimate of drug-likeness (QED) is 0.705. The molecule has 0 spiro atoms. The van der Waals surface area contributed by atoms with E-state index in [9.17, 15) is 4.79 Å². The maximum absolute atomic E-state index is 12.4. The first kappa shape index (κ1) is 21.7. The van der Waals surface area contributed by atoms with Gasteiger partial charge in [0.25, 0.3) is 0 Å². The molecule has 0 bridgehead atoms. The van der Waals surface area contributed by atoms with Crippen LogP contribution in [0, 0.1) is 24.7 Å². The zero-order valence-electron chi connectivity index (χ0n) is 18.1. The van der Waals surface area contributed by atoms with Gasteiger partial charge in [0.1, 0.15) is 0 Å². The summed E-state index contributed by atoms with van der Waals surface area (Å²) in [7, 11) is 0. The third-order valence-corrected chi connectivity index (χ3v) is 7.10. The summed E-state index contributed by atoms with van der Waals surface area (Å²) in [6.07, 6.45) is 17.0. The predicted molar refractivity (Wildman–Crippen MR) is 122 cm³/mol. The molecule has 3 aliphatic rings. The van der Waals surface area contributed by atoms with Crippen LogP contribution in [-0.2, 0) is 4.79 Å². The fraction of sp³-hybridized carbons (Fsp3) is 0.640. The SMILES string of the molecule is C#C.CC(CC1CCC1)C(=O)Nc1ccc(N2CCC(N3CCCC3C)C2)cc1. The van der Waals surface area contributed by atoms with Crippen molar-refractivity contribution in [3.8, 4) is 12.8 Å². The topological polar surface area (TPSA) is 35.6 Å². The zero-order valence-corrected chi connectivity index (χ0v) is 18.1. The van der Waals surface area contributed by atoms with Gasteiger partial charge in [-0.25, -0.2) is 0 Å². The molecule has 1 aromatic rings. The third kappa shape index (κ3) is 5.34. The number of likely N-dealkylation sites (tertiary alicyclic amines) is 1. The summed E-state index contributed by atoms with van der Waals surface area (Å²) in [5, 5.41) is 3.11. The number of amides is 1. The van der Waals surface area contributed by atoms with Crippen molar-refractivity contribution in [3.63, 3.8) is 0 Å². The van der Waals surface area contributed by atoms with Crippen LogP contribution in [0.1, 0.15) is 58.8 Å². The Labute approximate surface area is 177 Å². The summed E-state index contributed by atoms with van der Waals surface area (Å²) in [4.78, 5) is 17.6. The van der Waals surface area contributed by atoms with Crippen LogP contribution in [-0.4, -0.2) is 42.5 Å². The molecule has 158 valence electrons. The zero-order chi connectivity index (χ0) is 20.8. The van der Waals surface area contributed by atoms with Crippen molar-refractivity contribution in [2.24, 2.45) is 11.8 Å². The molecule has 4 rings (SSSR count). The first-order valence-corrected chi connectivity index (χ1v) is 11.3. The van der Waals surface area contributed by atoms with E-state index in [-0.39, 0.29) is 11.8 Å². The van der Waals surface area contributed by atoms with Gasteiger partial charge in [-0.05, 0) is 69.3 Å². The molecule has 4 nitrogen and oxygen atoms in total. The average Bonchev–Trinajstić information content (AvgIpc) is 3.35. The van der Waals surface area contributed by atoms with E-state index in [1.165, 1.54) is 50.8 Å². The van der Waals surface area contributed by atoms with Gasteiger partial charge in [-0.3, -0.25) is 9.69 Å². The molecule has 4 heteroatoms. The van der Waals surface area contributed by atoms with Gasteiger partial charge in [-0.1, -0.05) is 26.2 Å². The molecule has 0 aromatic heterocycles. The summed E-state index contributed by atoms with van der Waals surface area (Å²) in [6.45, 7) is 7.97. The second-order valence-electron chi connectivity index (χ2n) is 9.09. The summed E-state index contributed by atoms with van der Waals surface area (Å²) in [5.74, 6) is 1.05. The fourth-order valence-corrected chi connectivity index (χ4v) is 5.10. The Balaban J connectivity index is 0.00000117. The lowest BCUT2D eigenvalue weighted by Crippen LogP contribution is -2.39. The highest BCUT2D eigenvalue weighted by Crippen LogP contribution is 2.33. The minimum absolute atomic E-state index is 0.108. The van der Waals surface area contributed by atoms with Gasteiger partial charge in [-0.15, -0.1) is 12.8 Å². The predicted octanol–water partition coefficient (Wildman–Crippen LogP) is 4.76. The number of carbonyl (C=O) groups is 1. The van der Waals surface area contributed by atoms with Crippen LogP contribution in [0.25, 0.3) is 0 Å². The average molecular weight is 396 g/mol. The highest BCUT2D eigenvalue weighted by molar-refractivity contribution is 5.92. The monoisotopic (exact) mass is 395 g/mol. The normalized spacial score (nSPS) is 25.7. The van der Waals surface area contributed by atoms with E-state index >= 15 is 0 Å². The Kier molecular flexibility index (Phi) is 7.61. The van der Waals surface area contributed by atoms with Crippen LogP contribution in [0.3, 0.4) is 0 Å². The van der Waals surface area contributed by atoms with Crippen molar-refractivity contribution in [3.05, 3.63) is 24.3 Å². The fourth-order valence-electron chi connectivity index (χ4n) is 5.10. The number of hydrogen-bond donors (Lipinski definition) is 1. The summed E-state index contributed by atoms with van der Waals surface area (Å²) in [5.41, 5.74) is 2.21. The Bertz CT molecular complexity index is 679. The van der Waals surface area contributed by atoms with E-state index in [1.807, 2.05) is 0 Å². The van der Waals surface area contributed by atoms with E-state index in [0.29, 0.717) is 6.04 Å². The van der Waals surface area contributed by atoms with E-state index in [4.69, 9.17) is 0 Å². The van der Waals surface area contributed by atoms with Crippen LogP contribution in [0.15, 0.2) is 24.3 Å². The minimum atomic E-state index is 0.108. The van der Waals surface area contributed by atoms with Crippen molar-refractivity contribution in [2.75, 3.05) is 29.9 Å². The van der Waals surface area contributed by atoms with Crippen molar-refractivity contribution in [2.45, 2.75) is 70.9 Å². The largest absolute Gasteiger partial charge is 0.370 e. The van der Waals surface area contributed by atoms with Gasteiger partial charge in [0.2, 0.25) is 5.91 Å². The first-order chi connectivity index (χ1) is 14.1. The van der Waals surface area contributed by atoms with Crippen LogP contribution < -0.4 is 10.2 Å². The molecule has 3 unspecified atom stereocenters. The maximum Gasteiger partial charge on any atom is 0.227 e. The summed E-state index contributed by atoms with van der Waals surface area (Å²) < 4.78 is 0. The van der Waals surface area contributed by atoms with E-state index in [1.54, 1.807) is 0 Å². The minimum Gasteiger partial charge on any atom is -0.370 e. The lowest BCUT2D eigenvalue weighted by atomic mass is 9.79. The number of nitrogens with one attached hydrogen (secondary N) is 1. The molecular weight excluding hydrogens is 358 g/mol. The van der Waals surface area contributed by atoms with Crippen LogP contribution >= 0.6 is 0 Å². The Morgan fingerprint density at radius 3 is 2.41 bits per heavy atom. The number of rotatable bonds is 6. The highest BCUT2D eigenvalue weighted by Gasteiger charge is 2.32.